The Kier molecular flexibility index (Phi) is 28.5. The Morgan fingerprint density at radius 3 is 0.689 bits per heavy atom. The number of hydrogen-bond donors (Lipinski definition) is 3. The van der Waals surface area contributed by atoms with Crippen molar-refractivity contribution in [3.63, 3.8) is 0 Å². The van der Waals surface area contributed by atoms with E-state index < -0.39 is 43.8 Å². The lowest BCUT2D eigenvalue weighted by Crippen LogP contribution is -2.41. The Bertz CT molecular complexity index is 5510. The van der Waals surface area contributed by atoms with Gasteiger partial charge in [-0.3, -0.25) is 4.79 Å². The average molecular weight is 1750 g/mol. The van der Waals surface area contributed by atoms with Gasteiger partial charge in [-0.2, -0.15) is 0 Å². The van der Waals surface area contributed by atoms with Crippen LogP contribution in [0.3, 0.4) is 0 Å². The monoisotopic (exact) mass is 1750 g/mol. The number of hydrogen-bond acceptors (Lipinski definition) is 9. The number of carbonyl (C=O) groups is 1. The first-order chi connectivity index (χ1) is 57.4. The van der Waals surface area contributed by atoms with E-state index in [1.807, 2.05) is 115 Å². The summed E-state index contributed by atoms with van der Waals surface area (Å²) >= 11 is 10.5. The molecule has 0 atom stereocenters. The zero-order chi connectivity index (χ0) is 83.7. The Morgan fingerprint density at radius 1 is 0.277 bits per heavy atom. The van der Waals surface area contributed by atoms with Gasteiger partial charge in [0.2, 0.25) is 0 Å². The molecule has 2 heterocycles. The predicted molar refractivity (Wildman–Crippen MR) is 502 cm³/mol. The van der Waals surface area contributed by atoms with E-state index in [4.69, 9.17) is 28.3 Å². The molecule has 2 fully saturated rings. The Morgan fingerprint density at radius 2 is 0.462 bits per heavy atom. The molecule has 14 aromatic rings. The van der Waals surface area contributed by atoms with Gasteiger partial charge in [-0.05, 0) is 233 Å². The maximum atomic E-state index is 11.9. The van der Waals surface area contributed by atoms with Crippen molar-refractivity contribution >= 4 is 132 Å². The van der Waals surface area contributed by atoms with Crippen LogP contribution in [0.25, 0.3) is 33.4 Å². The van der Waals surface area contributed by atoms with Gasteiger partial charge in [0, 0.05) is 24.5 Å². The van der Waals surface area contributed by atoms with Gasteiger partial charge in [0.25, 0.3) is 0 Å². The first-order valence-electron chi connectivity index (χ1n) is 39.5. The molecule has 0 saturated carbocycles. The summed E-state index contributed by atoms with van der Waals surface area (Å²) in [5.74, 6) is 0.592. The van der Waals surface area contributed by atoms with E-state index in [0.29, 0.717) is 24.5 Å². The molecule has 2 aliphatic heterocycles. The molecule has 9 nitrogen and oxygen atoms in total. The summed E-state index contributed by atoms with van der Waals surface area (Å²) in [7, 11) is -1.67. The molecular formula is C103H90B4Br3O9. The van der Waals surface area contributed by atoms with Crippen LogP contribution in [0.4, 0.5) is 0 Å². The predicted octanol–water partition coefficient (Wildman–Crippen LogP) is 22.5. The lowest BCUT2D eigenvalue weighted by atomic mass is 9.76. The van der Waals surface area contributed by atoms with E-state index in [1.165, 1.54) is 33.4 Å². The lowest BCUT2D eigenvalue weighted by Gasteiger charge is -2.32. The van der Waals surface area contributed by atoms with Gasteiger partial charge in [0.05, 0.1) is 22.4 Å². The third-order valence-corrected chi connectivity index (χ3v) is 23.4. The largest absolute Gasteiger partial charge is 0.569 e. The highest BCUT2D eigenvalue weighted by Gasteiger charge is 2.53. The number of carbonyl (C=O) groups excluding carboxylic acids is 1. The van der Waals surface area contributed by atoms with Crippen LogP contribution in [0.2, 0.25) is 0 Å². The van der Waals surface area contributed by atoms with Crippen LogP contribution in [0.15, 0.2) is 396 Å². The number of halogens is 3. The quantitative estimate of drug-likeness (QED) is 0.0412. The highest BCUT2D eigenvalue weighted by molar-refractivity contribution is 9.11. The van der Waals surface area contributed by atoms with E-state index in [0.717, 1.165) is 96.7 Å². The van der Waals surface area contributed by atoms with Gasteiger partial charge in [0.15, 0.2) is 5.78 Å². The van der Waals surface area contributed by atoms with E-state index >= 15 is 0 Å². The van der Waals surface area contributed by atoms with Crippen LogP contribution in [0.5, 0.6) is 5.75 Å². The highest BCUT2D eigenvalue weighted by Crippen LogP contribution is 2.43. The minimum absolute atomic E-state index is 0.0584. The van der Waals surface area contributed by atoms with Crippen molar-refractivity contribution in [3.8, 4) is 5.75 Å². The van der Waals surface area contributed by atoms with Crippen LogP contribution in [0, 0.1) is 0 Å². The summed E-state index contributed by atoms with van der Waals surface area (Å²) in [6.45, 7) is 16.7. The maximum absolute atomic E-state index is 11.9. The Hall–Kier alpha value is -10.8. The smallest absolute Gasteiger partial charge is 0.537 e. The van der Waals surface area contributed by atoms with Crippen molar-refractivity contribution in [3.05, 3.63) is 473 Å². The molecule has 0 bridgehead atoms. The molecule has 0 amide bonds. The summed E-state index contributed by atoms with van der Waals surface area (Å²) in [6, 6.07) is 128. The summed E-state index contributed by atoms with van der Waals surface area (Å²) < 4.78 is 33.6. The summed E-state index contributed by atoms with van der Waals surface area (Å²) in [6.07, 6.45) is 0. The molecule has 14 aromatic carbocycles. The zero-order valence-corrected chi connectivity index (χ0v) is 72.4. The fraction of sp³-hybridized carbons (Fsp3) is 0.117. The molecule has 2 aliphatic rings. The minimum Gasteiger partial charge on any atom is -0.537 e. The van der Waals surface area contributed by atoms with Gasteiger partial charge in [-0.1, -0.05) is 369 Å². The summed E-state index contributed by atoms with van der Waals surface area (Å²) in [5, 5.41) is 28.0. The van der Waals surface area contributed by atoms with Gasteiger partial charge < -0.3 is 38.3 Å². The van der Waals surface area contributed by atoms with Crippen molar-refractivity contribution < 1.29 is 43.1 Å². The van der Waals surface area contributed by atoms with Gasteiger partial charge in [-0.15, -0.1) is 0 Å². The number of ketones is 1. The first kappa shape index (κ1) is 86.1. The molecule has 16 heteroatoms. The zero-order valence-electron chi connectivity index (χ0n) is 67.6. The van der Waals surface area contributed by atoms with Crippen LogP contribution < -0.4 is 21.0 Å². The van der Waals surface area contributed by atoms with E-state index in [2.05, 4.69) is 346 Å². The van der Waals surface area contributed by atoms with Crippen LogP contribution in [0.1, 0.15) is 138 Å². The second-order valence-corrected chi connectivity index (χ2v) is 33.6. The first-order valence-corrected chi connectivity index (χ1v) is 41.9. The Labute approximate surface area is 726 Å². The molecule has 0 unspecified atom stereocenters. The standard InChI is InChI=1S/C38H42B2O4.C26H21B2O4.C26H18Br2.C13H9BrO/c1-35(2)36(3,4)42-39(41-35)31-23-19-29(20-24-31)33(27-15-11-9-12-16-27)34(28-17-13-10-14-18-28)30-21-25-32(26-22-30)40-43-37(5,6)38(7,8)44-40;29-27-32-24-17-13-22(14-18-24)26(20-9-5-2-6-10-20)25(19-7-3-1-4-8-19)21-11-15-23(16-12-21)28(30)31;27-23-15-11-21(12-16-23)25(19-7-3-1-4-8-19)26(20-9-5-2-6-10-20)22-13-17-24(28)18-14-22;14-12-8-6-11(7-9-12)13(15)10-4-2-1-3-5-10/h9-26H,1-8H3;1-18,29-31H;1-18H;1-9H. The topological polar surface area (TPSA) is 124 Å². The molecule has 0 spiro atoms. The fourth-order valence-corrected chi connectivity index (χ4v) is 14.9. The molecule has 589 valence electrons. The van der Waals surface area contributed by atoms with Crippen LogP contribution in [-0.4, -0.2) is 72.3 Å². The van der Waals surface area contributed by atoms with Gasteiger partial charge in [-0.25, -0.2) is 0 Å². The molecule has 119 heavy (non-hydrogen) atoms. The van der Waals surface area contributed by atoms with Crippen molar-refractivity contribution in [1.29, 1.82) is 0 Å². The highest BCUT2D eigenvalue weighted by atomic mass is 79.9. The minimum atomic E-state index is -1.52. The molecular weight excluding hydrogens is 1660 g/mol. The number of rotatable bonds is 19. The molecule has 0 aromatic heterocycles. The third kappa shape index (κ3) is 21.3. The molecule has 1 radical (unpaired) electrons. The SMILES string of the molecule is Brc1ccc(C(=C(c2ccccc2)c2ccc(Br)cc2)c2ccccc2)cc1.CC1(C)OB(c2ccc(C(=C(c3ccccc3)c3ccc(B4OC(C)(C)C(C)(C)O4)cc3)c3ccccc3)cc2)OC1(C)C.O=C(c1ccccc1)c1ccc(Br)cc1.O[B]Oc1ccc(C(=C(c2ccccc2)c2ccc(B(O)O)cc2)c2ccccc2)cc1. The summed E-state index contributed by atoms with van der Waals surface area (Å²) in [5.41, 5.74) is 22.4. The molecule has 3 N–H and O–H groups in total. The lowest BCUT2D eigenvalue weighted by molar-refractivity contribution is 0.00578. The Balaban J connectivity index is 0.000000145. The van der Waals surface area contributed by atoms with Crippen LogP contribution in [-0.2, 0) is 18.6 Å². The van der Waals surface area contributed by atoms with E-state index in [9.17, 15) is 14.8 Å². The third-order valence-electron chi connectivity index (χ3n) is 21.8. The normalized spacial score (nSPS) is 14.7. The second-order valence-electron chi connectivity index (χ2n) is 30.8. The average Bonchev–Trinajstić information content (AvgIpc) is 1.64. The maximum Gasteiger partial charge on any atom is 0.569 e. The molecule has 2 saturated heterocycles. The van der Waals surface area contributed by atoms with Gasteiger partial charge in [0.1, 0.15) is 5.75 Å². The van der Waals surface area contributed by atoms with E-state index in [-0.39, 0.29) is 5.78 Å². The summed E-state index contributed by atoms with van der Waals surface area (Å²) in [4.78, 5) is 11.9. The van der Waals surface area contributed by atoms with Crippen molar-refractivity contribution in [2.75, 3.05) is 0 Å². The van der Waals surface area contributed by atoms with Crippen molar-refractivity contribution in [1.82, 2.24) is 0 Å². The van der Waals surface area contributed by atoms with Crippen LogP contribution >= 0.6 is 47.8 Å². The molecule has 0 aliphatic carbocycles. The van der Waals surface area contributed by atoms with E-state index in [1.54, 1.807) is 24.3 Å². The molecule has 16 rings (SSSR count). The fourth-order valence-electron chi connectivity index (χ4n) is 14.1. The second kappa shape index (κ2) is 39.4. The van der Waals surface area contributed by atoms with Crippen molar-refractivity contribution in [2.24, 2.45) is 0 Å². The van der Waals surface area contributed by atoms with Gasteiger partial charge >= 0.3 is 29.0 Å². The number of benzene rings is 14. The van der Waals surface area contributed by atoms with Crippen molar-refractivity contribution in [2.45, 2.75) is 77.8 Å².